The molecular formula is C33H31FN4O4S3. The van der Waals surface area contributed by atoms with E-state index < -0.39 is 26.7 Å². The van der Waals surface area contributed by atoms with Gasteiger partial charge in [0.15, 0.2) is 5.69 Å². The highest BCUT2D eigenvalue weighted by atomic mass is 32.2. The molecule has 7 rings (SSSR count). The van der Waals surface area contributed by atoms with Gasteiger partial charge in [-0.2, -0.15) is 5.10 Å². The maximum absolute atomic E-state index is 14.9. The molecule has 2 fully saturated rings. The first kappa shape index (κ1) is 30.0. The van der Waals surface area contributed by atoms with E-state index in [0.29, 0.717) is 41.3 Å². The third kappa shape index (κ3) is 6.11. The fraction of sp³-hybridized carbons (Fsp3) is 0.303. The number of aryl methyl sites for hydroxylation is 1. The molecule has 8 nitrogen and oxygen atoms in total. The fourth-order valence-electron chi connectivity index (χ4n) is 6.15. The van der Waals surface area contributed by atoms with Crippen molar-refractivity contribution in [3.63, 3.8) is 0 Å². The number of thiazole rings is 1. The van der Waals surface area contributed by atoms with Crippen LogP contribution in [-0.2, 0) is 22.9 Å². The van der Waals surface area contributed by atoms with Crippen LogP contribution in [0.4, 0.5) is 4.39 Å². The standard InChI is InChI=1S/C33H31FN4O4S3/c1-18-5-9-29(44-18)24-15-23(16-24)21-3-2-4-22(14-21)31-25(11-20-8-10-30(26(34)12-20)45(35,41)42)28(13-19-6-7-19)38(37-31)33-36-27(17-43-33)32(39)40/h2-5,8-10,12,14,17,19,23-24H,6-7,11,13,15-16H2,1H3,(H,39,40)(H2,35,41,42)/t23-,24+. The van der Waals surface area contributed by atoms with Gasteiger partial charge in [0.05, 0.1) is 11.4 Å². The second kappa shape index (κ2) is 11.6. The van der Waals surface area contributed by atoms with Crippen molar-refractivity contribution < 1.29 is 22.7 Å². The fourth-order valence-corrected chi connectivity index (χ4v) is 8.51. The summed E-state index contributed by atoms with van der Waals surface area (Å²) in [6.45, 7) is 2.14. The Morgan fingerprint density at radius 2 is 1.91 bits per heavy atom. The van der Waals surface area contributed by atoms with E-state index in [1.807, 2.05) is 23.5 Å². The van der Waals surface area contributed by atoms with E-state index in [1.54, 1.807) is 10.7 Å². The Morgan fingerprint density at radius 3 is 2.56 bits per heavy atom. The molecule has 45 heavy (non-hydrogen) atoms. The van der Waals surface area contributed by atoms with E-state index in [9.17, 15) is 22.7 Å². The van der Waals surface area contributed by atoms with Crippen molar-refractivity contribution in [2.75, 3.05) is 0 Å². The van der Waals surface area contributed by atoms with E-state index >= 15 is 0 Å². The molecule has 2 aromatic carbocycles. The molecule has 0 radical (unpaired) electrons. The number of carbonyl (C=O) groups is 1. The number of carboxylic acids is 1. The van der Waals surface area contributed by atoms with E-state index in [0.717, 1.165) is 48.2 Å². The van der Waals surface area contributed by atoms with Crippen LogP contribution >= 0.6 is 22.7 Å². The summed E-state index contributed by atoms with van der Waals surface area (Å²) in [5.74, 6) is -0.539. The number of halogens is 1. The molecule has 3 N–H and O–H groups in total. The van der Waals surface area contributed by atoms with Crippen LogP contribution in [0.25, 0.3) is 16.4 Å². The van der Waals surface area contributed by atoms with Crippen molar-refractivity contribution in [1.82, 2.24) is 14.8 Å². The van der Waals surface area contributed by atoms with Crippen molar-refractivity contribution in [3.8, 4) is 16.4 Å². The topological polar surface area (TPSA) is 128 Å². The Labute approximate surface area is 268 Å². The zero-order valence-electron chi connectivity index (χ0n) is 24.4. The highest BCUT2D eigenvalue weighted by molar-refractivity contribution is 7.89. The summed E-state index contributed by atoms with van der Waals surface area (Å²) in [5.41, 5.74) is 5.20. The average molecular weight is 663 g/mol. The highest BCUT2D eigenvalue weighted by Crippen LogP contribution is 2.49. The number of thiophene rings is 1. The maximum Gasteiger partial charge on any atom is 0.355 e. The average Bonchev–Trinajstić information content (AvgIpc) is 3.31. The molecule has 12 heteroatoms. The first-order valence-corrected chi connectivity index (χ1v) is 18.1. The third-order valence-corrected chi connectivity index (χ3v) is 11.7. The predicted molar refractivity (Wildman–Crippen MR) is 172 cm³/mol. The Kier molecular flexibility index (Phi) is 7.71. The molecule has 2 saturated carbocycles. The zero-order valence-corrected chi connectivity index (χ0v) is 26.9. The summed E-state index contributed by atoms with van der Waals surface area (Å²) in [6.07, 6.45) is 5.35. The number of hydrogen-bond acceptors (Lipinski definition) is 7. The lowest BCUT2D eigenvalue weighted by atomic mass is 9.70. The molecule has 3 heterocycles. The number of benzene rings is 2. The van der Waals surface area contributed by atoms with Gasteiger partial charge in [0, 0.05) is 32.7 Å². The number of rotatable bonds is 10. The number of nitrogens with two attached hydrogens (primary N) is 1. The number of carboxylic acid groups (broad SMARTS) is 1. The van der Waals surface area contributed by atoms with Gasteiger partial charge < -0.3 is 5.11 Å². The van der Waals surface area contributed by atoms with Gasteiger partial charge in [-0.25, -0.2) is 32.4 Å². The van der Waals surface area contributed by atoms with Gasteiger partial charge in [0.1, 0.15) is 10.7 Å². The third-order valence-electron chi connectivity index (χ3n) is 8.78. The lowest BCUT2D eigenvalue weighted by molar-refractivity contribution is 0.0691. The number of aromatic carboxylic acids is 1. The van der Waals surface area contributed by atoms with Gasteiger partial charge in [0.2, 0.25) is 15.2 Å². The maximum atomic E-state index is 14.9. The molecule has 0 aliphatic heterocycles. The second-order valence-electron chi connectivity index (χ2n) is 12.1. The van der Waals surface area contributed by atoms with Crippen molar-refractivity contribution in [1.29, 1.82) is 0 Å². The minimum absolute atomic E-state index is 0.0471. The molecule has 232 valence electrons. The first-order valence-electron chi connectivity index (χ1n) is 14.8. The van der Waals surface area contributed by atoms with Gasteiger partial charge in [-0.05, 0) is 98.2 Å². The molecule has 2 aliphatic rings. The van der Waals surface area contributed by atoms with E-state index in [4.69, 9.17) is 10.2 Å². The van der Waals surface area contributed by atoms with Crippen LogP contribution in [0.5, 0.6) is 0 Å². The number of aromatic nitrogens is 3. The molecule has 3 aromatic heterocycles. The smallest absolute Gasteiger partial charge is 0.355 e. The monoisotopic (exact) mass is 662 g/mol. The van der Waals surface area contributed by atoms with Crippen LogP contribution < -0.4 is 5.14 Å². The summed E-state index contributed by atoms with van der Waals surface area (Å²) in [6, 6.07) is 16.8. The summed E-state index contributed by atoms with van der Waals surface area (Å²) >= 11 is 3.08. The number of primary sulfonamides is 1. The molecule has 0 unspecified atom stereocenters. The van der Waals surface area contributed by atoms with Crippen LogP contribution in [-0.4, -0.2) is 34.3 Å². The second-order valence-corrected chi connectivity index (χ2v) is 15.8. The van der Waals surface area contributed by atoms with Gasteiger partial charge in [-0.1, -0.05) is 24.3 Å². The summed E-state index contributed by atoms with van der Waals surface area (Å²) in [7, 11) is -4.20. The van der Waals surface area contributed by atoms with Crippen LogP contribution in [0.1, 0.15) is 80.1 Å². The SMILES string of the molecule is Cc1ccc([C@H]2C[C@@H](c3cccc(-c4nn(-c5nc(C(=O)O)cs5)c(CC5CC5)c4Cc4ccc(S(N)(=O)=O)c(F)c4)c3)C2)s1. The van der Waals surface area contributed by atoms with Crippen LogP contribution in [0, 0.1) is 18.7 Å². The minimum atomic E-state index is -4.20. The van der Waals surface area contributed by atoms with Gasteiger partial charge in [0.25, 0.3) is 0 Å². The van der Waals surface area contributed by atoms with E-state index in [-0.39, 0.29) is 5.69 Å². The quantitative estimate of drug-likeness (QED) is 0.165. The van der Waals surface area contributed by atoms with Crippen LogP contribution in [0.15, 0.2) is 64.9 Å². The molecule has 0 amide bonds. The minimum Gasteiger partial charge on any atom is -0.476 e. The van der Waals surface area contributed by atoms with Crippen molar-refractivity contribution in [2.24, 2.45) is 11.1 Å². The first-order chi connectivity index (χ1) is 21.5. The normalized spacial score (nSPS) is 18.2. The van der Waals surface area contributed by atoms with Crippen LogP contribution in [0.3, 0.4) is 0 Å². The number of sulfonamides is 1. The predicted octanol–water partition coefficient (Wildman–Crippen LogP) is 7.05. The summed E-state index contributed by atoms with van der Waals surface area (Å²) in [4.78, 5) is 18.2. The van der Waals surface area contributed by atoms with Crippen molar-refractivity contribution >= 4 is 38.7 Å². The van der Waals surface area contributed by atoms with Crippen molar-refractivity contribution in [3.05, 3.63) is 104 Å². The number of hydrogen-bond donors (Lipinski definition) is 2. The van der Waals surface area contributed by atoms with Gasteiger partial charge in [-0.3, -0.25) is 0 Å². The van der Waals surface area contributed by atoms with E-state index in [1.165, 1.54) is 44.2 Å². The Balaban J connectivity index is 1.30. The summed E-state index contributed by atoms with van der Waals surface area (Å²) in [5, 5.41) is 21.8. The van der Waals surface area contributed by atoms with Crippen LogP contribution in [0.2, 0.25) is 0 Å². The Hall–Kier alpha value is -3.71. The van der Waals surface area contributed by atoms with Gasteiger partial charge >= 0.3 is 5.97 Å². The largest absolute Gasteiger partial charge is 0.476 e. The Bertz CT molecular complexity index is 2040. The van der Waals surface area contributed by atoms with Gasteiger partial charge in [-0.15, -0.1) is 22.7 Å². The van der Waals surface area contributed by atoms with Crippen molar-refractivity contribution in [2.45, 2.75) is 62.2 Å². The summed E-state index contributed by atoms with van der Waals surface area (Å²) < 4.78 is 40.4. The zero-order chi connectivity index (χ0) is 31.5. The molecule has 0 bridgehead atoms. The number of nitrogens with zero attached hydrogens (tertiary/aromatic N) is 3. The Morgan fingerprint density at radius 1 is 1.11 bits per heavy atom. The molecule has 2 aliphatic carbocycles. The molecule has 5 aromatic rings. The lowest BCUT2D eigenvalue weighted by Crippen LogP contribution is -2.19. The molecule has 0 saturated heterocycles. The molecular weight excluding hydrogens is 632 g/mol. The van der Waals surface area contributed by atoms with E-state index in [2.05, 4.69) is 36.2 Å². The molecule has 0 spiro atoms. The molecule has 0 atom stereocenters. The lowest BCUT2D eigenvalue weighted by Gasteiger charge is -2.35. The highest BCUT2D eigenvalue weighted by Gasteiger charge is 2.33.